The lowest BCUT2D eigenvalue weighted by Crippen LogP contribution is -2.55. The normalized spacial score (nSPS) is 13.0. The number of nitrogens with one attached hydrogen (secondary N) is 3. The molecule has 0 saturated carbocycles. The van der Waals surface area contributed by atoms with Gasteiger partial charge in [0.05, 0.1) is 28.4 Å². The van der Waals surface area contributed by atoms with Crippen molar-refractivity contribution >= 4 is 65.0 Å². The number of hydrogen-bond donors (Lipinski definition) is 6. The van der Waals surface area contributed by atoms with Crippen molar-refractivity contribution in [3.05, 3.63) is 144 Å². The maximum atomic E-state index is 12.4. The van der Waals surface area contributed by atoms with Crippen molar-refractivity contribution in [3.8, 4) is 23.0 Å². The molecule has 7 N–H and O–H groups in total. The first-order chi connectivity index (χ1) is 44.2. The number of aromatic nitrogens is 3. The van der Waals surface area contributed by atoms with Crippen LogP contribution in [0.25, 0.3) is 11.0 Å². The number of para-hydroxylation sites is 1. The Morgan fingerprint density at radius 1 is 0.455 bits per heavy atom. The second-order valence-electron chi connectivity index (χ2n) is 25.5. The molecule has 99 heavy (non-hydrogen) atoms. The average Bonchev–Trinajstić information content (AvgIpc) is 1.65. The zero-order chi connectivity index (χ0) is 71.6. The van der Waals surface area contributed by atoms with Gasteiger partial charge in [0, 0.05) is 25.7 Å². The minimum Gasteiger partial charge on any atom is -0.508 e. The first kappa shape index (κ1) is 91.6. The Kier molecular flexibility index (Phi) is 37.9. The Labute approximate surface area is 588 Å². The van der Waals surface area contributed by atoms with E-state index in [1.54, 1.807) is 162 Å². The molecule has 3 amide bonds. The van der Waals surface area contributed by atoms with Gasteiger partial charge in [-0.2, -0.15) is 0 Å². The molecule has 1 aromatic heterocycles. The first-order valence-electron chi connectivity index (χ1n) is 29.8. The lowest BCUT2D eigenvalue weighted by Gasteiger charge is -2.29. The van der Waals surface area contributed by atoms with Crippen molar-refractivity contribution < 1.29 is 91.2 Å². The van der Waals surface area contributed by atoms with Gasteiger partial charge in [0.15, 0.2) is 0 Å². The molecule has 4 atom stereocenters. The van der Waals surface area contributed by atoms with E-state index in [1.165, 1.54) is 45.4 Å². The standard InChI is InChI=1S/C23H28N4O6.C18H27NO5S.C16H23NO5.C11H15NO3.4CH4/c1-22(2,3)33-21(29)24-23(4,20(28)30-5)14-16-10-12-17(13-11-16)31-15-32-27-19-9-7-6-8-18(19)25-26-27;1-17(2,3)24-16(21)19-18(4,15(20)22-5)11-13-7-9-14(10-8-13)23-12-25-6;1-15(2,3)22-14(20)17-16(4,13(19)21-5)10-11-6-8-12(18)9-7-11;1-11(12,10(14)15-2)7-8-3-5-9(13)6-4-8;;;;/h6-13H,14-15H2,1-5H3,(H,24,29);7-10H,11-12H2,1-6H3,(H,19,21);6-9,18H,10H2,1-5H3,(H,17,20);3-6,13H,7,12H2,1-2H3;4*1H4. The minimum atomic E-state index is -1.31. The lowest BCUT2D eigenvalue weighted by molar-refractivity contribution is -0.148. The maximum absolute atomic E-state index is 12.4. The fourth-order valence-electron chi connectivity index (χ4n) is 8.57. The zero-order valence-electron chi connectivity index (χ0n) is 57.5. The Hall–Kier alpha value is -9.50. The van der Waals surface area contributed by atoms with Crippen molar-refractivity contribution in [3.63, 3.8) is 0 Å². The van der Waals surface area contributed by atoms with Crippen LogP contribution in [-0.2, 0) is 78.0 Å². The van der Waals surface area contributed by atoms with E-state index in [9.17, 15) is 38.7 Å². The van der Waals surface area contributed by atoms with Gasteiger partial charge in [0.1, 0.15) is 78.9 Å². The number of amides is 3. The number of phenolic OH excluding ortho intramolecular Hbond substituents is 2. The topological polar surface area (TPSA) is 345 Å². The quantitative estimate of drug-likeness (QED) is 0.0209. The van der Waals surface area contributed by atoms with Crippen LogP contribution in [0.2, 0.25) is 0 Å². The SMILES string of the molecule is C.C.C.C.COC(=O)C(C)(Cc1ccc(O)cc1)NC(=O)OC(C)(C)C.COC(=O)C(C)(Cc1ccc(OCOn2nnc3ccccc32)cc1)NC(=O)OC(C)(C)C.COC(=O)C(C)(Cc1ccc(OCSC)cc1)NC(=O)OC(C)(C)C.COC(=O)C(C)(N)Cc1ccc(O)cc1. The molecule has 0 radical (unpaired) electrons. The minimum absolute atomic E-state index is 0. The number of ether oxygens (including phenoxy) is 9. The van der Waals surface area contributed by atoms with Gasteiger partial charge in [-0.25, -0.2) is 28.8 Å². The number of alkyl carbamates (subject to hydrolysis) is 3. The number of nitrogens with zero attached hydrogens (tertiary/aromatic N) is 3. The summed E-state index contributed by atoms with van der Waals surface area (Å²) in [6.07, 6.45) is 0.938. The summed E-state index contributed by atoms with van der Waals surface area (Å²) in [6.45, 7) is 22.0. The average molecular weight is 1410 g/mol. The summed E-state index contributed by atoms with van der Waals surface area (Å²) in [4.78, 5) is 91.1. The molecule has 1 heterocycles. The monoisotopic (exact) mass is 1410 g/mol. The number of phenols is 2. The number of rotatable bonds is 22. The molecule has 6 rings (SSSR count). The van der Waals surface area contributed by atoms with Crippen LogP contribution in [0.5, 0.6) is 23.0 Å². The predicted molar refractivity (Wildman–Crippen MR) is 383 cm³/mol. The summed E-state index contributed by atoms with van der Waals surface area (Å²) in [5.41, 5.74) is 3.68. The van der Waals surface area contributed by atoms with Gasteiger partial charge in [-0.15, -0.1) is 16.9 Å². The number of aromatic hydroxyl groups is 2. The van der Waals surface area contributed by atoms with Crippen LogP contribution in [0, 0.1) is 0 Å². The molecule has 0 bridgehead atoms. The van der Waals surface area contributed by atoms with Crippen molar-refractivity contribution in [2.75, 3.05) is 47.4 Å². The number of esters is 4. The zero-order valence-corrected chi connectivity index (χ0v) is 58.3. The van der Waals surface area contributed by atoms with Gasteiger partial charge in [-0.3, -0.25) is 4.79 Å². The summed E-state index contributed by atoms with van der Waals surface area (Å²) >= 11 is 1.58. The fourth-order valence-corrected chi connectivity index (χ4v) is 8.82. The van der Waals surface area contributed by atoms with Gasteiger partial charge >= 0.3 is 42.2 Å². The second kappa shape index (κ2) is 41.0. The molecule has 6 aromatic rings. The van der Waals surface area contributed by atoms with Crippen LogP contribution >= 0.6 is 11.8 Å². The molecule has 552 valence electrons. The molecule has 0 aliphatic carbocycles. The number of carbonyl (C=O) groups is 7. The third kappa shape index (κ3) is 32.6. The largest absolute Gasteiger partial charge is 0.508 e. The van der Waals surface area contributed by atoms with Gasteiger partial charge in [0.25, 0.3) is 6.79 Å². The Morgan fingerprint density at radius 3 is 1.09 bits per heavy atom. The highest BCUT2D eigenvalue weighted by Gasteiger charge is 2.40. The van der Waals surface area contributed by atoms with Crippen LogP contribution in [0.4, 0.5) is 14.4 Å². The van der Waals surface area contributed by atoms with E-state index in [4.69, 9.17) is 53.6 Å². The van der Waals surface area contributed by atoms with E-state index in [0.717, 1.165) is 39.0 Å². The predicted octanol–water partition coefficient (Wildman–Crippen LogP) is 12.0. The van der Waals surface area contributed by atoms with E-state index in [2.05, 4.69) is 31.0 Å². The summed E-state index contributed by atoms with van der Waals surface area (Å²) in [5, 5.41) is 34.1. The van der Waals surface area contributed by atoms with Gasteiger partial charge in [-0.1, -0.05) is 95.2 Å². The van der Waals surface area contributed by atoms with E-state index in [-0.39, 0.29) is 67.3 Å². The van der Waals surface area contributed by atoms with Crippen molar-refractivity contribution in [2.45, 2.75) is 184 Å². The number of nitrogens with two attached hydrogens (primary N) is 1. The van der Waals surface area contributed by atoms with E-state index < -0.39 is 81.1 Å². The number of hydrogen-bond acceptors (Lipinski definition) is 23. The van der Waals surface area contributed by atoms with Crippen LogP contribution in [0.3, 0.4) is 0 Å². The summed E-state index contributed by atoms with van der Waals surface area (Å²) in [7, 11) is 5.13. The molecular weight excluding hydrogens is 1300 g/mol. The molecule has 0 spiro atoms. The third-order valence-corrected chi connectivity index (χ3v) is 13.3. The number of carbonyl (C=O) groups excluding carboxylic acids is 7. The highest BCUT2D eigenvalue weighted by Crippen LogP contribution is 2.24. The summed E-state index contributed by atoms with van der Waals surface area (Å²) in [5.74, 6) is 0.0461. The van der Waals surface area contributed by atoms with Crippen molar-refractivity contribution in [2.24, 2.45) is 5.73 Å². The van der Waals surface area contributed by atoms with Crippen LogP contribution in [0.1, 0.15) is 142 Å². The molecule has 0 saturated heterocycles. The molecule has 26 nitrogen and oxygen atoms in total. The van der Waals surface area contributed by atoms with Crippen LogP contribution in [0.15, 0.2) is 121 Å². The molecule has 0 fully saturated rings. The highest BCUT2D eigenvalue weighted by atomic mass is 32.2. The number of thioether (sulfide) groups is 1. The molecule has 27 heteroatoms. The van der Waals surface area contributed by atoms with E-state index in [0.29, 0.717) is 18.1 Å². The molecule has 5 aromatic carbocycles. The van der Waals surface area contributed by atoms with Crippen molar-refractivity contribution in [1.82, 2.24) is 31.1 Å². The van der Waals surface area contributed by atoms with Gasteiger partial charge < -0.3 is 79.4 Å². The smallest absolute Gasteiger partial charge is 0.408 e. The van der Waals surface area contributed by atoms with Crippen molar-refractivity contribution in [1.29, 1.82) is 0 Å². The fraction of sp³-hybridized carbons (Fsp3) is 0.486. The third-order valence-electron chi connectivity index (χ3n) is 12.9. The van der Waals surface area contributed by atoms with Gasteiger partial charge in [-0.05, 0) is 184 Å². The molecular formula is C72H109N7O19S. The van der Waals surface area contributed by atoms with E-state index >= 15 is 0 Å². The Morgan fingerprint density at radius 2 is 0.768 bits per heavy atom. The first-order valence-corrected chi connectivity index (χ1v) is 31.2. The summed E-state index contributed by atoms with van der Waals surface area (Å²) in [6, 6.07) is 34.8. The van der Waals surface area contributed by atoms with Crippen LogP contribution < -0.4 is 36.0 Å². The molecule has 0 aliphatic heterocycles. The number of methoxy groups -OCH3 is 4. The Balaban J connectivity index is 0. The maximum Gasteiger partial charge on any atom is 0.408 e. The summed E-state index contributed by atoms with van der Waals surface area (Å²) < 4.78 is 46.0. The van der Waals surface area contributed by atoms with Gasteiger partial charge in [0.2, 0.25) is 0 Å². The molecule has 4 unspecified atom stereocenters. The molecule has 0 aliphatic rings. The van der Waals surface area contributed by atoms with E-state index in [1.807, 2.05) is 54.8 Å². The highest BCUT2D eigenvalue weighted by molar-refractivity contribution is 7.98. The van der Waals surface area contributed by atoms with Crippen LogP contribution in [-0.4, -0.2) is 154 Å². The number of fused-ring (bicyclic) bond motifs is 1. The Bertz CT molecular complexity index is 3440. The lowest BCUT2D eigenvalue weighted by atomic mass is 9.93. The second-order valence-corrected chi connectivity index (χ2v) is 26.3. The number of benzene rings is 5.